The van der Waals surface area contributed by atoms with Gasteiger partial charge in [-0.1, -0.05) is 0 Å². The molecule has 2 aromatic heterocycles. The highest BCUT2D eigenvalue weighted by Gasteiger charge is 2.37. The standard InChI is InChI=1S/C22H18N4O7/c23-2-1-16(27)33-19-10-4-14-18-9(6-26(14)21(28)12(10)7-30-22(19)29)3-11-13(25-18)5-15-20(17(11)24)32-8-31-15/h3-5,19H,1-2,6-8,23-24H2/t19-/m1/s1. The first kappa shape index (κ1) is 19.6. The van der Waals surface area contributed by atoms with Crippen LogP contribution in [0.3, 0.4) is 0 Å². The maximum absolute atomic E-state index is 13.3. The molecule has 11 nitrogen and oxygen atoms in total. The molecule has 0 bridgehead atoms. The molecule has 4 N–H and O–H groups in total. The Morgan fingerprint density at radius 1 is 1.21 bits per heavy atom. The van der Waals surface area contributed by atoms with E-state index >= 15 is 0 Å². The van der Waals surface area contributed by atoms with Gasteiger partial charge in [-0.3, -0.25) is 9.59 Å². The molecule has 0 radical (unpaired) electrons. The van der Waals surface area contributed by atoms with Crippen molar-refractivity contribution in [1.82, 2.24) is 9.55 Å². The number of benzene rings is 1. The number of nitrogens with two attached hydrogens (primary N) is 2. The van der Waals surface area contributed by atoms with E-state index in [0.717, 1.165) is 5.56 Å². The summed E-state index contributed by atoms with van der Waals surface area (Å²) >= 11 is 0. The number of ether oxygens (including phenoxy) is 4. The lowest BCUT2D eigenvalue weighted by atomic mass is 10.00. The Kier molecular flexibility index (Phi) is 4.11. The predicted molar refractivity (Wildman–Crippen MR) is 113 cm³/mol. The molecular weight excluding hydrogens is 432 g/mol. The maximum Gasteiger partial charge on any atom is 0.352 e. The molecule has 1 aromatic carbocycles. The van der Waals surface area contributed by atoms with Crippen LogP contribution >= 0.6 is 0 Å². The van der Waals surface area contributed by atoms with E-state index in [9.17, 15) is 14.4 Å². The van der Waals surface area contributed by atoms with Gasteiger partial charge in [-0.15, -0.1) is 0 Å². The molecule has 0 spiro atoms. The van der Waals surface area contributed by atoms with Crippen molar-refractivity contribution in [1.29, 1.82) is 0 Å². The molecule has 11 heteroatoms. The monoisotopic (exact) mass is 450 g/mol. The Hall–Kier alpha value is -4.12. The van der Waals surface area contributed by atoms with Gasteiger partial charge in [-0.05, 0) is 12.1 Å². The fourth-order valence-electron chi connectivity index (χ4n) is 4.47. The summed E-state index contributed by atoms with van der Waals surface area (Å²) in [6.07, 6.45) is -1.39. The molecule has 3 aliphatic rings. The first-order valence-electron chi connectivity index (χ1n) is 10.3. The zero-order chi connectivity index (χ0) is 22.9. The Balaban J connectivity index is 1.51. The van der Waals surface area contributed by atoms with Crippen molar-refractivity contribution in [2.45, 2.75) is 25.7 Å². The number of cyclic esters (lactones) is 1. The molecule has 0 fully saturated rings. The highest BCUT2D eigenvalue weighted by atomic mass is 16.7. The summed E-state index contributed by atoms with van der Waals surface area (Å²) in [7, 11) is 0. The fraction of sp³-hybridized carbons (Fsp3) is 0.273. The third kappa shape index (κ3) is 2.79. The van der Waals surface area contributed by atoms with Gasteiger partial charge in [0, 0.05) is 29.1 Å². The van der Waals surface area contributed by atoms with Crippen molar-refractivity contribution in [2.24, 2.45) is 5.73 Å². The molecule has 3 aliphatic heterocycles. The van der Waals surface area contributed by atoms with Crippen LogP contribution in [-0.2, 0) is 32.2 Å². The molecule has 5 heterocycles. The zero-order valence-corrected chi connectivity index (χ0v) is 17.3. The normalized spacial score (nSPS) is 17.4. The molecule has 3 aromatic rings. The lowest BCUT2D eigenvalue weighted by Crippen LogP contribution is -2.34. The van der Waals surface area contributed by atoms with Crippen LogP contribution in [0.2, 0.25) is 0 Å². The van der Waals surface area contributed by atoms with Crippen molar-refractivity contribution in [2.75, 3.05) is 19.1 Å². The number of esters is 2. The van der Waals surface area contributed by atoms with Gasteiger partial charge in [-0.25, -0.2) is 9.78 Å². The summed E-state index contributed by atoms with van der Waals surface area (Å²) in [4.78, 5) is 42.4. The maximum atomic E-state index is 13.3. The molecule has 0 aliphatic carbocycles. The lowest BCUT2D eigenvalue weighted by Gasteiger charge is -2.25. The largest absolute Gasteiger partial charge is 0.458 e. The topological polar surface area (TPSA) is 158 Å². The highest BCUT2D eigenvalue weighted by Crippen LogP contribution is 2.44. The summed E-state index contributed by atoms with van der Waals surface area (Å²) in [5.41, 5.74) is 14.8. The number of carbonyl (C=O) groups is 2. The van der Waals surface area contributed by atoms with Crippen LogP contribution in [-0.4, -0.2) is 34.8 Å². The second-order valence-electron chi connectivity index (χ2n) is 7.96. The number of hydrogen-bond donors (Lipinski definition) is 2. The van der Waals surface area contributed by atoms with Crippen LogP contribution in [0.15, 0.2) is 23.0 Å². The van der Waals surface area contributed by atoms with Gasteiger partial charge in [-0.2, -0.15) is 0 Å². The van der Waals surface area contributed by atoms with Gasteiger partial charge < -0.3 is 35.0 Å². The van der Waals surface area contributed by atoms with E-state index in [0.29, 0.717) is 45.0 Å². The van der Waals surface area contributed by atoms with E-state index in [1.54, 1.807) is 16.7 Å². The SMILES string of the molecule is NCCC(=O)O[C@H]1C(=O)OCc2c1cc1n(c2=O)Cc2cc3c(N)c4c(cc3nc2-1)OCO4. The Morgan fingerprint density at radius 3 is 2.88 bits per heavy atom. The minimum atomic E-state index is -1.33. The number of nitrogen functional groups attached to an aromatic ring is 1. The average Bonchev–Trinajstić information content (AvgIpc) is 3.40. The fourth-order valence-corrected chi connectivity index (χ4v) is 4.47. The zero-order valence-electron chi connectivity index (χ0n) is 17.3. The van der Waals surface area contributed by atoms with Crippen LogP contribution in [0.1, 0.15) is 29.2 Å². The van der Waals surface area contributed by atoms with Crippen LogP contribution in [0.4, 0.5) is 5.69 Å². The van der Waals surface area contributed by atoms with Crippen molar-refractivity contribution in [3.05, 3.63) is 45.2 Å². The Labute approximate surface area is 185 Å². The summed E-state index contributed by atoms with van der Waals surface area (Å²) in [6, 6.07) is 5.28. The summed E-state index contributed by atoms with van der Waals surface area (Å²) in [5.74, 6) is -0.403. The molecule has 1 atom stereocenters. The molecule has 168 valence electrons. The van der Waals surface area contributed by atoms with Gasteiger partial charge in [0.2, 0.25) is 12.9 Å². The van der Waals surface area contributed by atoms with Crippen molar-refractivity contribution >= 4 is 28.5 Å². The second-order valence-corrected chi connectivity index (χ2v) is 7.96. The number of pyridine rings is 2. The van der Waals surface area contributed by atoms with Gasteiger partial charge in [0.05, 0.1) is 41.1 Å². The van der Waals surface area contributed by atoms with E-state index in [2.05, 4.69) is 0 Å². The first-order valence-corrected chi connectivity index (χ1v) is 10.3. The van der Waals surface area contributed by atoms with E-state index < -0.39 is 18.0 Å². The number of carbonyl (C=O) groups excluding carboxylic acids is 2. The van der Waals surface area contributed by atoms with Gasteiger partial charge in [0.25, 0.3) is 5.56 Å². The molecule has 6 rings (SSSR count). The third-order valence-corrected chi connectivity index (χ3v) is 6.03. The predicted octanol–water partition coefficient (Wildman–Crippen LogP) is 0.726. The first-order chi connectivity index (χ1) is 16.0. The van der Waals surface area contributed by atoms with E-state index in [1.807, 2.05) is 6.07 Å². The second kappa shape index (κ2) is 6.94. The minimum absolute atomic E-state index is 0.0586. The third-order valence-electron chi connectivity index (χ3n) is 6.03. The van der Waals surface area contributed by atoms with Crippen molar-refractivity contribution < 1.29 is 28.5 Å². The molecule has 33 heavy (non-hydrogen) atoms. The quantitative estimate of drug-likeness (QED) is 0.337. The van der Waals surface area contributed by atoms with Crippen molar-refractivity contribution in [3.63, 3.8) is 0 Å². The smallest absolute Gasteiger partial charge is 0.352 e. The number of anilines is 1. The number of rotatable bonds is 3. The van der Waals surface area contributed by atoms with Gasteiger partial charge in [0.15, 0.2) is 11.5 Å². The molecule has 0 saturated heterocycles. The summed E-state index contributed by atoms with van der Waals surface area (Å²) in [5, 5.41) is 0.690. The van der Waals surface area contributed by atoms with Crippen LogP contribution in [0.5, 0.6) is 11.5 Å². The van der Waals surface area contributed by atoms with Gasteiger partial charge >= 0.3 is 11.9 Å². The highest BCUT2D eigenvalue weighted by molar-refractivity contribution is 5.98. The van der Waals surface area contributed by atoms with E-state index in [-0.39, 0.29) is 44.0 Å². The van der Waals surface area contributed by atoms with E-state index in [1.165, 1.54) is 0 Å². The van der Waals surface area contributed by atoms with Crippen LogP contribution < -0.4 is 26.5 Å². The summed E-state index contributed by atoms with van der Waals surface area (Å²) in [6.45, 7) is 0.240. The Morgan fingerprint density at radius 2 is 2.06 bits per heavy atom. The minimum Gasteiger partial charge on any atom is -0.458 e. The molecule has 0 saturated carbocycles. The molecule has 0 unspecified atom stereocenters. The number of nitrogens with zero attached hydrogens (tertiary/aromatic N) is 2. The lowest BCUT2D eigenvalue weighted by molar-refractivity contribution is -0.171. The average molecular weight is 450 g/mol. The molecular formula is C22H18N4O7. The van der Waals surface area contributed by atoms with Crippen LogP contribution in [0, 0.1) is 0 Å². The van der Waals surface area contributed by atoms with Crippen LogP contribution in [0.25, 0.3) is 22.3 Å². The Bertz CT molecular complexity index is 1450. The number of aromatic nitrogens is 2. The van der Waals surface area contributed by atoms with Gasteiger partial charge in [0.1, 0.15) is 6.61 Å². The van der Waals surface area contributed by atoms with E-state index in [4.69, 9.17) is 35.4 Å². The number of fused-ring (bicyclic) bond motifs is 6. The number of hydrogen-bond acceptors (Lipinski definition) is 10. The summed E-state index contributed by atoms with van der Waals surface area (Å²) < 4.78 is 22.9. The van der Waals surface area contributed by atoms with Crippen molar-refractivity contribution in [3.8, 4) is 22.9 Å². The molecule has 0 amide bonds.